The molecule has 4 heterocycles. The molecule has 3 aromatic rings. The summed E-state index contributed by atoms with van der Waals surface area (Å²) < 4.78 is 2.12. The van der Waals surface area contributed by atoms with Gasteiger partial charge in [-0.15, -0.1) is 0 Å². The molecule has 0 aromatic carbocycles. The average molecular weight is 350 g/mol. The Labute approximate surface area is 154 Å². The smallest absolute Gasteiger partial charge is 0.159 e. The van der Waals surface area contributed by atoms with Crippen LogP contribution in [0.5, 0.6) is 0 Å². The molecular weight excluding hydrogens is 324 g/mol. The van der Waals surface area contributed by atoms with Crippen LogP contribution in [0.1, 0.15) is 38.2 Å². The topological polar surface area (TPSA) is 68.0 Å². The molecule has 0 bridgehead atoms. The molecule has 1 aliphatic heterocycles. The third-order valence-electron chi connectivity index (χ3n) is 5.00. The van der Waals surface area contributed by atoms with E-state index >= 15 is 0 Å². The molecule has 136 valence electrons. The standard InChI is InChI=1S/C20H26N6/c1-14(2)11-19-23-8-5-16(25-19)18-13-24-20-17(22-9-10-26(18)20)12-15-3-6-21-7-4-15/h5,8-10,13-15,21H,3-4,6-7,11-12H2,1-2H3. The fourth-order valence-electron chi connectivity index (χ4n) is 3.67. The van der Waals surface area contributed by atoms with E-state index in [1.54, 1.807) is 0 Å². The van der Waals surface area contributed by atoms with Crippen molar-refractivity contribution in [2.75, 3.05) is 13.1 Å². The van der Waals surface area contributed by atoms with E-state index in [2.05, 4.69) is 38.5 Å². The highest BCUT2D eigenvalue weighted by molar-refractivity contribution is 5.61. The molecule has 0 amide bonds. The summed E-state index contributed by atoms with van der Waals surface area (Å²) in [5.74, 6) is 2.11. The Balaban J connectivity index is 1.66. The van der Waals surface area contributed by atoms with E-state index in [-0.39, 0.29) is 0 Å². The van der Waals surface area contributed by atoms with Gasteiger partial charge in [-0.25, -0.2) is 15.0 Å². The van der Waals surface area contributed by atoms with E-state index in [1.807, 2.05) is 30.9 Å². The minimum atomic E-state index is 0.535. The van der Waals surface area contributed by atoms with Crippen LogP contribution in [0.3, 0.4) is 0 Å². The van der Waals surface area contributed by atoms with Crippen molar-refractivity contribution in [2.24, 2.45) is 11.8 Å². The Kier molecular flexibility index (Phi) is 4.93. The van der Waals surface area contributed by atoms with Gasteiger partial charge in [0.25, 0.3) is 0 Å². The molecule has 26 heavy (non-hydrogen) atoms. The van der Waals surface area contributed by atoms with Gasteiger partial charge in [-0.2, -0.15) is 0 Å². The fourth-order valence-corrected chi connectivity index (χ4v) is 3.67. The number of fused-ring (bicyclic) bond motifs is 1. The van der Waals surface area contributed by atoms with Gasteiger partial charge in [0.05, 0.1) is 23.3 Å². The monoisotopic (exact) mass is 350 g/mol. The first kappa shape index (κ1) is 17.1. The van der Waals surface area contributed by atoms with Gasteiger partial charge in [0, 0.05) is 25.0 Å². The molecular formula is C20H26N6. The van der Waals surface area contributed by atoms with Gasteiger partial charge < -0.3 is 5.32 Å². The van der Waals surface area contributed by atoms with E-state index in [9.17, 15) is 0 Å². The first-order chi connectivity index (χ1) is 12.7. The van der Waals surface area contributed by atoms with E-state index < -0.39 is 0 Å². The number of imidazole rings is 1. The van der Waals surface area contributed by atoms with Crippen LogP contribution in [0.25, 0.3) is 17.0 Å². The zero-order valence-electron chi connectivity index (χ0n) is 15.5. The van der Waals surface area contributed by atoms with Crippen molar-refractivity contribution in [1.82, 2.24) is 29.7 Å². The van der Waals surface area contributed by atoms with Crippen molar-refractivity contribution in [1.29, 1.82) is 0 Å². The summed E-state index contributed by atoms with van der Waals surface area (Å²) in [5, 5.41) is 3.43. The Morgan fingerprint density at radius 3 is 2.81 bits per heavy atom. The van der Waals surface area contributed by atoms with E-state index in [0.717, 1.165) is 54.5 Å². The molecule has 6 nitrogen and oxygen atoms in total. The second kappa shape index (κ2) is 7.50. The SMILES string of the molecule is CC(C)Cc1nccc(-c2cnc3c(CC4CCNCC4)nccn23)n1. The molecule has 0 radical (unpaired) electrons. The lowest BCUT2D eigenvalue weighted by atomic mass is 9.93. The second-order valence-electron chi connectivity index (χ2n) is 7.56. The third-order valence-corrected chi connectivity index (χ3v) is 5.00. The van der Waals surface area contributed by atoms with Gasteiger partial charge in [0.2, 0.25) is 0 Å². The average Bonchev–Trinajstić information content (AvgIpc) is 3.07. The Morgan fingerprint density at radius 1 is 1.15 bits per heavy atom. The molecule has 0 unspecified atom stereocenters. The Hall–Kier alpha value is -2.34. The highest BCUT2D eigenvalue weighted by Gasteiger charge is 2.18. The lowest BCUT2D eigenvalue weighted by Gasteiger charge is -2.22. The van der Waals surface area contributed by atoms with Crippen molar-refractivity contribution in [2.45, 2.75) is 39.5 Å². The molecule has 1 saturated heterocycles. The summed E-state index contributed by atoms with van der Waals surface area (Å²) in [6, 6.07) is 1.96. The summed E-state index contributed by atoms with van der Waals surface area (Å²) >= 11 is 0. The van der Waals surface area contributed by atoms with Crippen molar-refractivity contribution in [3.63, 3.8) is 0 Å². The predicted molar refractivity (Wildman–Crippen MR) is 102 cm³/mol. The molecule has 1 fully saturated rings. The zero-order chi connectivity index (χ0) is 17.9. The second-order valence-corrected chi connectivity index (χ2v) is 7.56. The minimum Gasteiger partial charge on any atom is -0.317 e. The van der Waals surface area contributed by atoms with Crippen LogP contribution in [0.4, 0.5) is 0 Å². The van der Waals surface area contributed by atoms with E-state index in [1.165, 1.54) is 12.8 Å². The minimum absolute atomic E-state index is 0.535. The van der Waals surface area contributed by atoms with E-state index in [4.69, 9.17) is 4.98 Å². The van der Waals surface area contributed by atoms with Crippen molar-refractivity contribution >= 4 is 5.65 Å². The summed E-state index contributed by atoms with van der Waals surface area (Å²) in [6.45, 7) is 6.58. The summed E-state index contributed by atoms with van der Waals surface area (Å²) in [4.78, 5) is 18.5. The van der Waals surface area contributed by atoms with E-state index in [0.29, 0.717) is 11.8 Å². The quantitative estimate of drug-likeness (QED) is 0.766. The van der Waals surface area contributed by atoms with Gasteiger partial charge in [-0.1, -0.05) is 13.8 Å². The number of piperidine rings is 1. The Morgan fingerprint density at radius 2 is 2.00 bits per heavy atom. The van der Waals surface area contributed by atoms with Crippen molar-refractivity contribution in [3.8, 4) is 11.4 Å². The number of nitrogens with one attached hydrogen (secondary N) is 1. The summed E-state index contributed by atoms with van der Waals surface area (Å²) in [6.07, 6.45) is 11.9. The maximum absolute atomic E-state index is 4.75. The van der Waals surface area contributed by atoms with Crippen LogP contribution in [0.15, 0.2) is 30.9 Å². The van der Waals surface area contributed by atoms with Crippen LogP contribution in [-0.2, 0) is 12.8 Å². The van der Waals surface area contributed by atoms with Crippen LogP contribution >= 0.6 is 0 Å². The van der Waals surface area contributed by atoms with Crippen LogP contribution in [-0.4, -0.2) is 37.4 Å². The number of nitrogens with zero attached hydrogens (tertiary/aromatic N) is 5. The molecule has 0 spiro atoms. The maximum Gasteiger partial charge on any atom is 0.159 e. The van der Waals surface area contributed by atoms with Gasteiger partial charge in [-0.3, -0.25) is 9.38 Å². The summed E-state index contributed by atoms with van der Waals surface area (Å²) in [7, 11) is 0. The molecule has 1 aliphatic rings. The van der Waals surface area contributed by atoms with Crippen molar-refractivity contribution < 1.29 is 0 Å². The lowest BCUT2D eigenvalue weighted by Crippen LogP contribution is -2.28. The predicted octanol–water partition coefficient (Wildman–Crippen LogP) is 2.93. The van der Waals surface area contributed by atoms with Gasteiger partial charge in [0.15, 0.2) is 5.65 Å². The molecule has 3 aromatic heterocycles. The molecule has 1 N–H and O–H groups in total. The molecule has 6 heteroatoms. The van der Waals surface area contributed by atoms with Crippen LogP contribution in [0, 0.1) is 11.8 Å². The highest BCUT2D eigenvalue weighted by Crippen LogP contribution is 2.23. The van der Waals surface area contributed by atoms with Crippen LogP contribution in [0.2, 0.25) is 0 Å². The lowest BCUT2D eigenvalue weighted by molar-refractivity contribution is 0.370. The number of hydrogen-bond acceptors (Lipinski definition) is 5. The normalized spacial score (nSPS) is 15.8. The van der Waals surface area contributed by atoms with Gasteiger partial charge >= 0.3 is 0 Å². The van der Waals surface area contributed by atoms with Crippen LogP contribution < -0.4 is 5.32 Å². The van der Waals surface area contributed by atoms with Gasteiger partial charge in [0.1, 0.15) is 5.82 Å². The molecule has 4 rings (SSSR count). The largest absolute Gasteiger partial charge is 0.317 e. The molecule has 0 atom stereocenters. The number of aromatic nitrogens is 5. The third kappa shape index (κ3) is 3.60. The summed E-state index contributed by atoms with van der Waals surface area (Å²) in [5.41, 5.74) is 3.95. The first-order valence-corrected chi connectivity index (χ1v) is 9.54. The Bertz CT molecular complexity index is 879. The fraction of sp³-hybridized carbons (Fsp3) is 0.500. The number of rotatable bonds is 5. The highest BCUT2D eigenvalue weighted by atomic mass is 15.0. The molecule has 0 aliphatic carbocycles. The first-order valence-electron chi connectivity index (χ1n) is 9.54. The molecule has 0 saturated carbocycles. The van der Waals surface area contributed by atoms with Crippen molar-refractivity contribution in [3.05, 3.63) is 42.4 Å². The number of hydrogen-bond donors (Lipinski definition) is 1. The zero-order valence-corrected chi connectivity index (χ0v) is 15.5. The maximum atomic E-state index is 4.75. The van der Waals surface area contributed by atoms with Gasteiger partial charge in [-0.05, 0) is 50.3 Å².